The zero-order valence-electron chi connectivity index (χ0n) is 17.5. The van der Waals surface area contributed by atoms with Crippen LogP contribution < -0.4 is 10.9 Å². The van der Waals surface area contributed by atoms with Crippen molar-refractivity contribution in [1.82, 2.24) is 9.55 Å². The molecule has 3 aromatic carbocycles. The van der Waals surface area contributed by atoms with E-state index in [2.05, 4.69) is 22.4 Å². The van der Waals surface area contributed by atoms with Gasteiger partial charge in [-0.2, -0.15) is 4.98 Å². The molecule has 0 spiro atoms. The number of carbonyl (C=O) groups excluding carboxylic acids is 1. The molecule has 6 nitrogen and oxygen atoms in total. The Kier molecular flexibility index (Phi) is 5.19. The molecule has 0 atom stereocenters. The van der Waals surface area contributed by atoms with Gasteiger partial charge in [0.25, 0.3) is 5.56 Å². The monoisotopic (exact) mass is 443 g/mol. The van der Waals surface area contributed by atoms with Gasteiger partial charge in [-0.3, -0.25) is 14.2 Å². The summed E-state index contributed by atoms with van der Waals surface area (Å²) in [5.74, 6) is -0.527. The molecular formula is C25H21N3O3S. The summed E-state index contributed by atoms with van der Waals surface area (Å²) in [6, 6.07) is 18.7. The van der Waals surface area contributed by atoms with E-state index in [0.29, 0.717) is 5.69 Å². The third-order valence-corrected chi connectivity index (χ3v) is 6.59. The largest absolute Gasteiger partial charge is 0.493 e. The number of amides is 1. The molecule has 5 rings (SSSR count). The first kappa shape index (κ1) is 20.3. The second-order valence-electron chi connectivity index (χ2n) is 7.85. The Morgan fingerprint density at radius 3 is 2.62 bits per heavy atom. The average Bonchev–Trinajstić information content (AvgIpc) is 3.19. The number of rotatable bonds is 5. The summed E-state index contributed by atoms with van der Waals surface area (Å²) >= 11 is 1.11. The van der Waals surface area contributed by atoms with Gasteiger partial charge in [-0.05, 0) is 54.5 Å². The molecule has 32 heavy (non-hydrogen) atoms. The first-order valence-corrected chi connectivity index (χ1v) is 11.3. The van der Waals surface area contributed by atoms with Crippen molar-refractivity contribution in [2.24, 2.45) is 0 Å². The summed E-state index contributed by atoms with van der Waals surface area (Å²) in [5, 5.41) is 15.4. The minimum atomic E-state index is -0.406. The SMILES string of the molecule is Cc1ccc(-n2c(SCC(=O)Nc3ccc4c5c(cccc35)CC4)nc(O)cc2=O)cc1. The van der Waals surface area contributed by atoms with Crippen molar-refractivity contribution in [3.8, 4) is 11.6 Å². The Morgan fingerprint density at radius 2 is 1.84 bits per heavy atom. The summed E-state index contributed by atoms with van der Waals surface area (Å²) in [6.07, 6.45) is 2.05. The van der Waals surface area contributed by atoms with E-state index in [9.17, 15) is 14.7 Å². The predicted molar refractivity (Wildman–Crippen MR) is 127 cm³/mol. The third kappa shape index (κ3) is 3.76. The van der Waals surface area contributed by atoms with E-state index in [4.69, 9.17) is 0 Å². The highest BCUT2D eigenvalue weighted by Crippen LogP contribution is 2.35. The highest BCUT2D eigenvalue weighted by molar-refractivity contribution is 7.99. The molecule has 0 bridgehead atoms. The lowest BCUT2D eigenvalue weighted by Gasteiger charge is -2.13. The molecule has 1 heterocycles. The molecule has 0 fully saturated rings. The van der Waals surface area contributed by atoms with E-state index in [1.165, 1.54) is 21.1 Å². The van der Waals surface area contributed by atoms with Crippen molar-refractivity contribution in [2.75, 3.05) is 11.1 Å². The number of aromatic nitrogens is 2. The van der Waals surface area contributed by atoms with Crippen molar-refractivity contribution < 1.29 is 9.90 Å². The molecule has 160 valence electrons. The van der Waals surface area contributed by atoms with E-state index in [0.717, 1.165) is 47.3 Å². The number of carbonyl (C=O) groups is 1. The number of anilines is 1. The van der Waals surface area contributed by atoms with Gasteiger partial charge in [0.2, 0.25) is 11.8 Å². The van der Waals surface area contributed by atoms with Crippen molar-refractivity contribution in [1.29, 1.82) is 0 Å². The molecule has 0 saturated heterocycles. The molecule has 1 aliphatic rings. The fourth-order valence-corrected chi connectivity index (χ4v) is 4.97. The molecule has 1 aliphatic carbocycles. The van der Waals surface area contributed by atoms with Crippen molar-refractivity contribution in [2.45, 2.75) is 24.9 Å². The number of nitrogens with zero attached hydrogens (tertiary/aromatic N) is 2. The van der Waals surface area contributed by atoms with Crippen LogP contribution in [0.4, 0.5) is 5.69 Å². The van der Waals surface area contributed by atoms with Crippen LogP contribution in [-0.2, 0) is 17.6 Å². The normalized spacial score (nSPS) is 12.3. The number of hydrogen-bond donors (Lipinski definition) is 2. The van der Waals surface area contributed by atoms with Crippen LogP contribution >= 0.6 is 11.8 Å². The highest BCUT2D eigenvalue weighted by Gasteiger charge is 2.18. The number of aryl methyl sites for hydroxylation is 3. The number of nitrogens with one attached hydrogen (secondary N) is 1. The maximum Gasteiger partial charge on any atom is 0.262 e. The Hall–Kier alpha value is -3.58. The summed E-state index contributed by atoms with van der Waals surface area (Å²) in [4.78, 5) is 29.4. The predicted octanol–water partition coefficient (Wildman–Crippen LogP) is 4.23. The maximum atomic E-state index is 12.8. The fourth-order valence-electron chi connectivity index (χ4n) is 4.15. The summed E-state index contributed by atoms with van der Waals surface area (Å²) in [5.41, 5.74) is 4.69. The zero-order valence-corrected chi connectivity index (χ0v) is 18.3. The third-order valence-electron chi connectivity index (χ3n) is 5.65. The lowest BCUT2D eigenvalue weighted by Crippen LogP contribution is -2.21. The molecule has 0 radical (unpaired) electrons. The Balaban J connectivity index is 1.39. The van der Waals surface area contributed by atoms with Gasteiger partial charge < -0.3 is 10.4 Å². The van der Waals surface area contributed by atoms with Crippen LogP contribution in [0.25, 0.3) is 16.5 Å². The fraction of sp³-hybridized carbons (Fsp3) is 0.160. The zero-order chi connectivity index (χ0) is 22.2. The Bertz CT molecular complexity index is 1400. The van der Waals surface area contributed by atoms with E-state index in [1.54, 1.807) is 0 Å². The standard InChI is InChI=1S/C25H21N3O3S/c1-15-5-10-18(11-6-15)28-23(31)13-21(29)27-25(28)32-14-22(30)26-20-12-9-17-8-7-16-3-2-4-19(20)24(16)17/h2-6,9-13,29H,7-8,14H2,1H3,(H,26,30). The molecule has 0 aliphatic heterocycles. The Morgan fingerprint density at radius 1 is 1.09 bits per heavy atom. The first-order chi connectivity index (χ1) is 15.5. The molecule has 4 aromatic rings. The van der Waals surface area contributed by atoms with Gasteiger partial charge in [-0.1, -0.05) is 53.7 Å². The first-order valence-electron chi connectivity index (χ1n) is 10.4. The van der Waals surface area contributed by atoms with Gasteiger partial charge in [0, 0.05) is 11.1 Å². The number of benzene rings is 3. The van der Waals surface area contributed by atoms with Crippen LogP contribution in [0.3, 0.4) is 0 Å². The van der Waals surface area contributed by atoms with Crippen LogP contribution in [-0.4, -0.2) is 26.3 Å². The topological polar surface area (TPSA) is 84.2 Å². The number of hydrogen-bond acceptors (Lipinski definition) is 5. The van der Waals surface area contributed by atoms with Gasteiger partial charge >= 0.3 is 0 Å². The summed E-state index contributed by atoms with van der Waals surface area (Å²) < 4.78 is 1.40. The molecule has 1 amide bonds. The summed E-state index contributed by atoms with van der Waals surface area (Å²) in [6.45, 7) is 1.96. The number of aromatic hydroxyl groups is 1. The van der Waals surface area contributed by atoms with Crippen LogP contribution in [0.1, 0.15) is 16.7 Å². The van der Waals surface area contributed by atoms with Gasteiger partial charge in [-0.25, -0.2) is 0 Å². The van der Waals surface area contributed by atoms with Gasteiger partial charge in [0.15, 0.2) is 5.16 Å². The second-order valence-corrected chi connectivity index (χ2v) is 8.80. The Labute approximate surface area is 188 Å². The highest BCUT2D eigenvalue weighted by atomic mass is 32.2. The van der Waals surface area contributed by atoms with Crippen LogP contribution in [0.2, 0.25) is 0 Å². The van der Waals surface area contributed by atoms with Crippen LogP contribution in [0.15, 0.2) is 70.6 Å². The molecule has 1 aromatic heterocycles. The summed E-state index contributed by atoms with van der Waals surface area (Å²) in [7, 11) is 0. The van der Waals surface area contributed by atoms with Gasteiger partial charge in [0.05, 0.1) is 17.5 Å². The average molecular weight is 444 g/mol. The van der Waals surface area contributed by atoms with Crippen LogP contribution in [0, 0.1) is 6.92 Å². The van der Waals surface area contributed by atoms with E-state index in [-0.39, 0.29) is 22.7 Å². The lowest BCUT2D eigenvalue weighted by atomic mass is 10.0. The molecule has 2 N–H and O–H groups in total. The van der Waals surface area contributed by atoms with E-state index in [1.807, 2.05) is 49.4 Å². The second kappa shape index (κ2) is 8.16. The molecule has 0 unspecified atom stereocenters. The van der Waals surface area contributed by atoms with Gasteiger partial charge in [0.1, 0.15) is 0 Å². The van der Waals surface area contributed by atoms with Crippen molar-refractivity contribution >= 4 is 34.1 Å². The van der Waals surface area contributed by atoms with Gasteiger partial charge in [-0.15, -0.1) is 0 Å². The smallest absolute Gasteiger partial charge is 0.262 e. The minimum Gasteiger partial charge on any atom is -0.493 e. The van der Waals surface area contributed by atoms with E-state index < -0.39 is 5.56 Å². The van der Waals surface area contributed by atoms with E-state index >= 15 is 0 Å². The lowest BCUT2D eigenvalue weighted by molar-refractivity contribution is -0.113. The molecule has 0 saturated carbocycles. The quantitative estimate of drug-likeness (QED) is 0.356. The maximum absolute atomic E-state index is 12.8. The van der Waals surface area contributed by atoms with Crippen molar-refractivity contribution in [3.63, 3.8) is 0 Å². The minimum absolute atomic E-state index is 0.0463. The molecular weight excluding hydrogens is 422 g/mol. The molecule has 7 heteroatoms. The van der Waals surface area contributed by atoms with Crippen molar-refractivity contribution in [3.05, 3.63) is 87.7 Å². The number of thioether (sulfide) groups is 1. The van der Waals surface area contributed by atoms with Crippen LogP contribution in [0.5, 0.6) is 5.88 Å².